The van der Waals surface area contributed by atoms with Gasteiger partial charge < -0.3 is 5.73 Å². The highest BCUT2D eigenvalue weighted by Crippen LogP contribution is 2.21. The Morgan fingerprint density at radius 2 is 2.35 bits per heavy atom. The van der Waals surface area contributed by atoms with Gasteiger partial charge in [0.1, 0.15) is 9.90 Å². The van der Waals surface area contributed by atoms with E-state index in [9.17, 15) is 8.42 Å². The molecule has 0 saturated carbocycles. The van der Waals surface area contributed by atoms with Gasteiger partial charge in [-0.3, -0.25) is 4.68 Å². The molecule has 1 unspecified atom stereocenters. The standard InChI is InChI=1S/C11H17N5O2S2/c1-2-10(11-13-4-6-19-11)15-20(17,18)9-7-14-16(8-9)5-3-12/h4,6-8,10,15H,2-3,5,12H2,1H3. The average Bonchev–Trinajstić information content (AvgIpc) is 3.07. The zero-order valence-corrected chi connectivity index (χ0v) is 12.7. The third-order valence-corrected chi connectivity index (χ3v) is 5.05. The minimum Gasteiger partial charge on any atom is -0.329 e. The number of rotatable bonds is 7. The summed E-state index contributed by atoms with van der Waals surface area (Å²) in [4.78, 5) is 4.29. The van der Waals surface area contributed by atoms with Gasteiger partial charge in [-0.25, -0.2) is 18.1 Å². The summed E-state index contributed by atoms with van der Waals surface area (Å²) in [7, 11) is -3.60. The molecular weight excluding hydrogens is 298 g/mol. The first-order valence-corrected chi connectivity index (χ1v) is 8.57. The molecule has 2 aromatic heterocycles. The molecule has 0 aliphatic carbocycles. The second-order valence-electron chi connectivity index (χ2n) is 4.18. The Balaban J connectivity index is 2.17. The first-order chi connectivity index (χ1) is 9.56. The van der Waals surface area contributed by atoms with Gasteiger partial charge in [-0.1, -0.05) is 6.92 Å². The van der Waals surface area contributed by atoms with Crippen LogP contribution in [0.2, 0.25) is 0 Å². The predicted octanol–water partition coefficient (Wildman–Crippen LogP) is 0.728. The summed E-state index contributed by atoms with van der Waals surface area (Å²) in [5.41, 5.74) is 5.41. The Labute approximate surface area is 121 Å². The fraction of sp³-hybridized carbons (Fsp3) is 0.455. The molecule has 0 aromatic carbocycles. The molecule has 0 saturated heterocycles. The van der Waals surface area contributed by atoms with Crippen molar-refractivity contribution in [3.63, 3.8) is 0 Å². The maximum Gasteiger partial charge on any atom is 0.244 e. The Kier molecular flexibility index (Phi) is 4.86. The molecule has 0 amide bonds. The lowest BCUT2D eigenvalue weighted by Crippen LogP contribution is -2.28. The molecule has 1 atom stereocenters. The molecule has 0 aliphatic rings. The van der Waals surface area contributed by atoms with Gasteiger partial charge in [-0.05, 0) is 6.42 Å². The first kappa shape index (κ1) is 15.1. The van der Waals surface area contributed by atoms with Gasteiger partial charge in [0, 0.05) is 24.3 Å². The summed E-state index contributed by atoms with van der Waals surface area (Å²) in [6, 6.07) is -0.321. The lowest BCUT2D eigenvalue weighted by molar-refractivity contribution is 0.548. The van der Waals surface area contributed by atoms with Crippen LogP contribution in [-0.2, 0) is 16.6 Å². The Bertz CT molecular complexity index is 636. The van der Waals surface area contributed by atoms with E-state index in [0.29, 0.717) is 19.5 Å². The van der Waals surface area contributed by atoms with E-state index in [-0.39, 0.29) is 10.9 Å². The Morgan fingerprint density at radius 3 is 2.95 bits per heavy atom. The highest BCUT2D eigenvalue weighted by Gasteiger charge is 2.23. The van der Waals surface area contributed by atoms with Crippen LogP contribution in [0.4, 0.5) is 0 Å². The van der Waals surface area contributed by atoms with Crippen molar-refractivity contribution < 1.29 is 8.42 Å². The van der Waals surface area contributed by atoms with Crippen molar-refractivity contribution in [3.05, 3.63) is 29.0 Å². The van der Waals surface area contributed by atoms with Crippen LogP contribution in [0.5, 0.6) is 0 Å². The minimum absolute atomic E-state index is 0.140. The number of sulfonamides is 1. The van der Waals surface area contributed by atoms with Crippen LogP contribution >= 0.6 is 11.3 Å². The quantitative estimate of drug-likeness (QED) is 0.784. The fourth-order valence-electron chi connectivity index (χ4n) is 1.71. The molecule has 110 valence electrons. The normalized spacial score (nSPS) is 13.5. The average molecular weight is 315 g/mol. The van der Waals surface area contributed by atoms with Crippen LogP contribution in [0.1, 0.15) is 24.4 Å². The van der Waals surface area contributed by atoms with Crippen molar-refractivity contribution in [2.45, 2.75) is 30.8 Å². The summed E-state index contributed by atoms with van der Waals surface area (Å²) < 4.78 is 28.8. The van der Waals surface area contributed by atoms with E-state index in [4.69, 9.17) is 5.73 Å². The first-order valence-electron chi connectivity index (χ1n) is 6.21. The van der Waals surface area contributed by atoms with Crippen LogP contribution in [0.15, 0.2) is 28.9 Å². The zero-order valence-electron chi connectivity index (χ0n) is 11.1. The second-order valence-corrected chi connectivity index (χ2v) is 6.82. The number of aromatic nitrogens is 3. The maximum absolute atomic E-state index is 12.3. The number of nitrogens with one attached hydrogen (secondary N) is 1. The van der Waals surface area contributed by atoms with Crippen molar-refractivity contribution in [1.82, 2.24) is 19.5 Å². The summed E-state index contributed by atoms with van der Waals surface area (Å²) in [5.74, 6) is 0. The monoisotopic (exact) mass is 315 g/mol. The third kappa shape index (κ3) is 3.42. The van der Waals surface area contributed by atoms with Gasteiger partial charge in [0.15, 0.2) is 0 Å². The SMILES string of the molecule is CCC(NS(=O)(=O)c1cnn(CCN)c1)c1nccs1. The summed E-state index contributed by atoms with van der Waals surface area (Å²) >= 11 is 1.43. The molecular formula is C11H17N5O2S2. The lowest BCUT2D eigenvalue weighted by Gasteiger charge is -2.13. The van der Waals surface area contributed by atoms with Gasteiger partial charge in [-0.15, -0.1) is 11.3 Å². The van der Waals surface area contributed by atoms with Gasteiger partial charge in [0.05, 0.1) is 18.8 Å². The van der Waals surface area contributed by atoms with E-state index in [1.807, 2.05) is 12.3 Å². The molecule has 9 heteroatoms. The number of nitrogens with zero attached hydrogens (tertiary/aromatic N) is 3. The van der Waals surface area contributed by atoms with Crippen molar-refractivity contribution in [1.29, 1.82) is 0 Å². The largest absolute Gasteiger partial charge is 0.329 e. The molecule has 0 fully saturated rings. The van der Waals surface area contributed by atoms with E-state index in [1.165, 1.54) is 28.4 Å². The maximum atomic E-state index is 12.3. The lowest BCUT2D eigenvalue weighted by atomic mass is 10.3. The van der Waals surface area contributed by atoms with Crippen molar-refractivity contribution >= 4 is 21.4 Å². The smallest absolute Gasteiger partial charge is 0.244 e. The third-order valence-electron chi connectivity index (χ3n) is 2.73. The number of nitrogens with two attached hydrogens (primary N) is 1. The highest BCUT2D eigenvalue weighted by molar-refractivity contribution is 7.89. The molecule has 0 spiro atoms. The van der Waals surface area contributed by atoms with E-state index >= 15 is 0 Å². The fourth-order valence-corrected chi connectivity index (χ4v) is 3.79. The molecule has 2 aromatic rings. The molecule has 0 bridgehead atoms. The van der Waals surface area contributed by atoms with E-state index in [0.717, 1.165) is 5.01 Å². The minimum atomic E-state index is -3.60. The Hall–Kier alpha value is -1.29. The highest BCUT2D eigenvalue weighted by atomic mass is 32.2. The van der Waals surface area contributed by atoms with E-state index < -0.39 is 10.0 Å². The van der Waals surface area contributed by atoms with Crippen LogP contribution in [0, 0.1) is 0 Å². The van der Waals surface area contributed by atoms with Crippen molar-refractivity contribution in [2.24, 2.45) is 5.73 Å². The number of hydrogen-bond donors (Lipinski definition) is 2. The van der Waals surface area contributed by atoms with Crippen LogP contribution in [-0.4, -0.2) is 29.7 Å². The van der Waals surface area contributed by atoms with Gasteiger partial charge in [-0.2, -0.15) is 5.10 Å². The molecule has 2 rings (SSSR count). The summed E-state index contributed by atoms with van der Waals surface area (Å²) in [6.07, 6.45) is 5.09. The van der Waals surface area contributed by atoms with Gasteiger partial charge >= 0.3 is 0 Å². The summed E-state index contributed by atoms with van der Waals surface area (Å²) in [6.45, 7) is 2.80. The topological polar surface area (TPSA) is 103 Å². The van der Waals surface area contributed by atoms with Crippen LogP contribution in [0.3, 0.4) is 0 Å². The zero-order chi connectivity index (χ0) is 14.6. The predicted molar refractivity (Wildman–Crippen MR) is 76.7 cm³/mol. The van der Waals surface area contributed by atoms with Crippen LogP contribution in [0.25, 0.3) is 0 Å². The van der Waals surface area contributed by atoms with Crippen LogP contribution < -0.4 is 10.5 Å². The number of thiazole rings is 1. The Morgan fingerprint density at radius 1 is 1.55 bits per heavy atom. The van der Waals surface area contributed by atoms with E-state index in [1.54, 1.807) is 6.20 Å². The van der Waals surface area contributed by atoms with Crippen molar-refractivity contribution in [3.8, 4) is 0 Å². The van der Waals surface area contributed by atoms with Gasteiger partial charge in [0.25, 0.3) is 0 Å². The molecule has 20 heavy (non-hydrogen) atoms. The van der Waals surface area contributed by atoms with E-state index in [2.05, 4.69) is 14.8 Å². The number of hydrogen-bond acceptors (Lipinski definition) is 6. The summed E-state index contributed by atoms with van der Waals surface area (Å²) in [5, 5.41) is 6.55. The van der Waals surface area contributed by atoms with Crippen molar-refractivity contribution in [2.75, 3.05) is 6.54 Å². The molecule has 3 N–H and O–H groups in total. The second kappa shape index (κ2) is 6.44. The molecule has 0 radical (unpaired) electrons. The van der Waals surface area contributed by atoms with Gasteiger partial charge in [0.2, 0.25) is 10.0 Å². The molecule has 2 heterocycles. The molecule has 0 aliphatic heterocycles. The molecule has 7 nitrogen and oxygen atoms in total.